The lowest BCUT2D eigenvalue weighted by Gasteiger charge is -2.38. The summed E-state index contributed by atoms with van der Waals surface area (Å²) in [5, 5.41) is 13.0. The van der Waals surface area contributed by atoms with Gasteiger partial charge in [0.15, 0.2) is 0 Å². The zero-order chi connectivity index (χ0) is 35.2. The Bertz CT molecular complexity index is 2230. The molecule has 0 bridgehead atoms. The number of carbonyl (C=O) groups is 2. The SMILES string of the molecule is Cc1cc(N2CCOC[C@@H]2C(F)(F)F)cc(F)c1C(=O)N[C@@H](Cc1ccc(-n2c(=O)c3ccncc3n(C)c2=O)c2ncccc12)C(=O)O. The summed E-state index contributed by atoms with van der Waals surface area (Å²) in [4.78, 5) is 61.8. The van der Waals surface area contributed by atoms with Crippen LogP contribution < -0.4 is 21.5 Å². The molecule has 1 saturated heterocycles. The van der Waals surface area contributed by atoms with Crippen molar-refractivity contribution in [3.8, 4) is 5.69 Å². The first kappa shape index (κ1) is 33.3. The lowest BCUT2D eigenvalue weighted by Crippen LogP contribution is -2.53. The van der Waals surface area contributed by atoms with E-state index in [4.69, 9.17) is 4.74 Å². The van der Waals surface area contributed by atoms with Crippen LogP contribution >= 0.6 is 0 Å². The Balaban J connectivity index is 1.32. The second-order valence-corrected chi connectivity index (χ2v) is 11.5. The standard InChI is InChI=1S/C33H28F4N6O6/c1-17-12-19(42-10-11-49-16-26(42)33(35,36)37)14-22(34)27(17)29(44)40-23(31(46)47)13-18-5-6-24(28-20(18)4-3-8-39-28)43-30(45)21-7-9-38-15-25(21)41(2)32(43)48/h3-9,12,14-15,23,26H,10-11,13,16H2,1-2H3,(H,40,44)(H,46,47)/t23-,26+/m0/s1. The van der Waals surface area contributed by atoms with E-state index in [0.717, 1.165) is 15.5 Å². The van der Waals surface area contributed by atoms with E-state index in [2.05, 4.69) is 15.3 Å². The number of carboxylic acid groups (broad SMARTS) is 1. The first-order valence-electron chi connectivity index (χ1n) is 15.0. The van der Waals surface area contributed by atoms with Crippen LogP contribution in [0.25, 0.3) is 27.5 Å². The summed E-state index contributed by atoms with van der Waals surface area (Å²) in [6.45, 7) is 0.548. The third-order valence-electron chi connectivity index (χ3n) is 8.52. The van der Waals surface area contributed by atoms with Gasteiger partial charge in [-0.1, -0.05) is 12.1 Å². The number of nitrogens with zero attached hydrogens (tertiary/aromatic N) is 5. The summed E-state index contributed by atoms with van der Waals surface area (Å²) >= 11 is 0. The molecule has 1 aliphatic heterocycles. The number of fused-ring (bicyclic) bond motifs is 2. The lowest BCUT2D eigenvalue weighted by molar-refractivity contribution is -0.167. The van der Waals surface area contributed by atoms with E-state index in [1.807, 2.05) is 0 Å². The van der Waals surface area contributed by atoms with Crippen molar-refractivity contribution in [1.82, 2.24) is 24.4 Å². The molecule has 0 saturated carbocycles. The van der Waals surface area contributed by atoms with Crippen LogP contribution in [0, 0.1) is 12.7 Å². The summed E-state index contributed by atoms with van der Waals surface area (Å²) in [6.07, 6.45) is -0.689. The molecular formula is C33H28F4N6O6. The Labute approximate surface area is 274 Å². The molecule has 0 aliphatic carbocycles. The second kappa shape index (κ2) is 12.8. The molecule has 2 atom stereocenters. The van der Waals surface area contributed by atoms with Gasteiger partial charge >= 0.3 is 17.8 Å². The molecule has 5 aromatic rings. The molecule has 1 amide bonds. The van der Waals surface area contributed by atoms with Crippen LogP contribution in [0.1, 0.15) is 21.5 Å². The van der Waals surface area contributed by atoms with Gasteiger partial charge in [0.05, 0.1) is 47.1 Å². The number of halogens is 4. The maximum Gasteiger partial charge on any atom is 0.411 e. The zero-order valence-electron chi connectivity index (χ0n) is 26.0. The Kier molecular flexibility index (Phi) is 8.66. The number of nitrogens with one attached hydrogen (secondary N) is 1. The number of rotatable bonds is 7. The Morgan fingerprint density at radius 1 is 1.12 bits per heavy atom. The van der Waals surface area contributed by atoms with Crippen LogP contribution in [-0.2, 0) is 23.0 Å². The first-order valence-corrected chi connectivity index (χ1v) is 15.0. The van der Waals surface area contributed by atoms with Gasteiger partial charge in [-0.25, -0.2) is 18.5 Å². The van der Waals surface area contributed by atoms with Gasteiger partial charge in [0.2, 0.25) is 0 Å². The largest absolute Gasteiger partial charge is 0.480 e. The van der Waals surface area contributed by atoms with Gasteiger partial charge < -0.3 is 20.1 Å². The van der Waals surface area contributed by atoms with E-state index in [1.54, 1.807) is 12.1 Å². The zero-order valence-corrected chi connectivity index (χ0v) is 26.0. The van der Waals surface area contributed by atoms with Gasteiger partial charge in [0.1, 0.15) is 17.9 Å². The topological polar surface area (TPSA) is 149 Å². The number of anilines is 1. The second-order valence-electron chi connectivity index (χ2n) is 11.5. The number of aliphatic carboxylic acids is 1. The van der Waals surface area contributed by atoms with Crippen LogP contribution in [0.5, 0.6) is 0 Å². The molecule has 0 unspecified atom stereocenters. The summed E-state index contributed by atoms with van der Waals surface area (Å²) in [6, 6.07) is 6.09. The smallest absolute Gasteiger partial charge is 0.411 e. The number of hydrogen-bond acceptors (Lipinski definition) is 8. The minimum atomic E-state index is -4.65. The Hall–Kier alpha value is -5.64. The molecule has 4 heterocycles. The van der Waals surface area contributed by atoms with Crippen molar-refractivity contribution in [3.05, 3.63) is 104 Å². The van der Waals surface area contributed by atoms with Crippen LogP contribution in [0.3, 0.4) is 0 Å². The monoisotopic (exact) mass is 680 g/mol. The van der Waals surface area contributed by atoms with Crippen LogP contribution in [0.15, 0.2) is 70.6 Å². The third kappa shape index (κ3) is 6.10. The van der Waals surface area contributed by atoms with E-state index in [1.165, 1.54) is 61.4 Å². The number of hydrogen-bond donors (Lipinski definition) is 2. The minimum Gasteiger partial charge on any atom is -0.480 e. The molecule has 6 rings (SSSR count). The molecule has 2 aromatic carbocycles. The molecule has 2 N–H and O–H groups in total. The summed E-state index contributed by atoms with van der Waals surface area (Å²) in [5.74, 6) is -3.65. The number of aryl methyl sites for hydroxylation is 2. The van der Waals surface area contributed by atoms with E-state index in [0.29, 0.717) is 16.5 Å². The maximum atomic E-state index is 15.4. The van der Waals surface area contributed by atoms with Crippen LogP contribution in [0.4, 0.5) is 23.2 Å². The van der Waals surface area contributed by atoms with E-state index < -0.39 is 59.4 Å². The number of aromatic nitrogens is 4. The van der Waals surface area contributed by atoms with Gasteiger partial charge in [0.25, 0.3) is 11.5 Å². The van der Waals surface area contributed by atoms with Crippen molar-refractivity contribution in [2.24, 2.45) is 7.05 Å². The minimum absolute atomic E-state index is 0.00115. The maximum absolute atomic E-state index is 15.4. The molecule has 1 aliphatic rings. The molecule has 49 heavy (non-hydrogen) atoms. The van der Waals surface area contributed by atoms with Gasteiger partial charge in [-0.3, -0.25) is 24.1 Å². The third-order valence-corrected chi connectivity index (χ3v) is 8.52. The van der Waals surface area contributed by atoms with Gasteiger partial charge in [-0.05, 0) is 48.4 Å². The highest BCUT2D eigenvalue weighted by Gasteiger charge is 2.45. The van der Waals surface area contributed by atoms with Crippen molar-refractivity contribution in [2.45, 2.75) is 31.6 Å². The summed E-state index contributed by atoms with van der Waals surface area (Å²) < 4.78 is 63.5. The number of alkyl halides is 3. The number of morpholine rings is 1. The van der Waals surface area contributed by atoms with Crippen LogP contribution in [-0.4, -0.2) is 74.1 Å². The predicted octanol–water partition coefficient (Wildman–Crippen LogP) is 3.27. The molecule has 0 spiro atoms. The van der Waals surface area contributed by atoms with E-state index in [9.17, 15) is 37.5 Å². The fourth-order valence-electron chi connectivity index (χ4n) is 6.10. The van der Waals surface area contributed by atoms with Gasteiger partial charge in [-0.15, -0.1) is 0 Å². The predicted molar refractivity (Wildman–Crippen MR) is 170 cm³/mol. The highest BCUT2D eigenvalue weighted by molar-refractivity contribution is 5.99. The van der Waals surface area contributed by atoms with Crippen molar-refractivity contribution in [3.63, 3.8) is 0 Å². The molecule has 1 fully saturated rings. The van der Waals surface area contributed by atoms with E-state index >= 15 is 4.39 Å². The van der Waals surface area contributed by atoms with Gasteiger partial charge in [0, 0.05) is 43.5 Å². The number of ether oxygens (including phenoxy) is 1. The summed E-state index contributed by atoms with van der Waals surface area (Å²) in [7, 11) is 1.49. The number of carboxylic acids is 1. The Morgan fingerprint density at radius 3 is 2.61 bits per heavy atom. The molecule has 254 valence electrons. The quantitative estimate of drug-likeness (QED) is 0.247. The number of carbonyl (C=O) groups excluding carboxylic acids is 1. The average Bonchev–Trinajstić information content (AvgIpc) is 3.07. The number of amides is 1. The molecule has 16 heteroatoms. The van der Waals surface area contributed by atoms with Crippen molar-refractivity contribution in [2.75, 3.05) is 24.7 Å². The number of pyridine rings is 2. The molecule has 12 nitrogen and oxygen atoms in total. The van der Waals surface area contributed by atoms with Crippen molar-refractivity contribution >= 4 is 39.4 Å². The number of benzene rings is 2. The summed E-state index contributed by atoms with van der Waals surface area (Å²) in [5.41, 5.74) is -0.817. The molecule has 0 radical (unpaired) electrons. The van der Waals surface area contributed by atoms with E-state index in [-0.39, 0.29) is 47.4 Å². The molecular weight excluding hydrogens is 652 g/mol. The highest BCUT2D eigenvalue weighted by Crippen LogP contribution is 2.33. The lowest BCUT2D eigenvalue weighted by atomic mass is 9.99. The fourth-order valence-corrected chi connectivity index (χ4v) is 6.10. The fraction of sp³-hybridized carbons (Fsp3) is 0.273. The average molecular weight is 681 g/mol. The first-order chi connectivity index (χ1) is 23.3. The Morgan fingerprint density at radius 2 is 1.90 bits per heavy atom. The van der Waals surface area contributed by atoms with Crippen molar-refractivity contribution < 1.29 is 37.0 Å². The molecule has 3 aromatic heterocycles. The normalized spacial score (nSPS) is 15.8. The van der Waals surface area contributed by atoms with Crippen molar-refractivity contribution in [1.29, 1.82) is 0 Å². The highest BCUT2D eigenvalue weighted by atomic mass is 19.4. The van der Waals surface area contributed by atoms with Crippen LogP contribution in [0.2, 0.25) is 0 Å². The van der Waals surface area contributed by atoms with Gasteiger partial charge in [-0.2, -0.15) is 13.2 Å².